The molecule has 0 radical (unpaired) electrons. The summed E-state index contributed by atoms with van der Waals surface area (Å²) < 4.78 is 0. The number of hydrogen-bond donors (Lipinski definition) is 0. The van der Waals surface area contributed by atoms with Gasteiger partial charge in [0.05, 0.1) is 15.9 Å². The summed E-state index contributed by atoms with van der Waals surface area (Å²) in [5.41, 5.74) is 0.723. The summed E-state index contributed by atoms with van der Waals surface area (Å²) in [7, 11) is 0. The third kappa shape index (κ3) is 2.28. The first kappa shape index (κ1) is 10.2. The molecule has 5 heteroatoms. The Morgan fingerprint density at radius 1 is 1.77 bits per heavy atom. The molecule has 0 bridgehead atoms. The van der Waals surface area contributed by atoms with Crippen molar-refractivity contribution in [3.63, 3.8) is 0 Å². The lowest BCUT2D eigenvalue weighted by molar-refractivity contribution is 0.101. The fourth-order valence-corrected chi connectivity index (χ4v) is 1.87. The zero-order valence-corrected chi connectivity index (χ0v) is 8.96. The lowest BCUT2D eigenvalue weighted by atomic mass is 10.4. The number of carbonyl (C=O) groups excluding carboxylic acids is 1. The number of rotatable bonds is 2. The van der Waals surface area contributed by atoms with E-state index in [4.69, 9.17) is 0 Å². The summed E-state index contributed by atoms with van der Waals surface area (Å²) in [5.74, 6) is -0.343. The van der Waals surface area contributed by atoms with E-state index in [1.807, 2.05) is 6.92 Å². The Bertz CT molecular complexity index is 377. The van der Waals surface area contributed by atoms with Crippen molar-refractivity contribution in [1.82, 2.24) is 4.98 Å². The van der Waals surface area contributed by atoms with Crippen molar-refractivity contribution in [3.05, 3.63) is 15.6 Å². The largest absolute Gasteiger partial charge is 0.297 e. The number of aryl methyl sites for hydroxylation is 2. The number of carbonyl (C=O) groups is 1. The van der Waals surface area contributed by atoms with Gasteiger partial charge in [0.2, 0.25) is 0 Å². The Kier molecular flexibility index (Phi) is 3.42. The van der Waals surface area contributed by atoms with Crippen LogP contribution in [-0.4, -0.2) is 16.1 Å². The van der Waals surface area contributed by atoms with Crippen LogP contribution in [0.25, 0.3) is 0 Å². The molecule has 1 heterocycles. The number of isothiocyanates is 1. The van der Waals surface area contributed by atoms with Gasteiger partial charge in [0.15, 0.2) is 0 Å². The molecule has 3 nitrogen and oxygen atoms in total. The van der Waals surface area contributed by atoms with Crippen LogP contribution in [0.2, 0.25) is 0 Å². The van der Waals surface area contributed by atoms with Gasteiger partial charge in [-0.05, 0) is 25.6 Å². The number of hydrogen-bond acceptors (Lipinski definition) is 4. The van der Waals surface area contributed by atoms with E-state index in [-0.39, 0.29) is 5.91 Å². The number of amides is 1. The number of thiocarbonyl (C=S) groups is 1. The second-order valence-electron chi connectivity index (χ2n) is 2.38. The SMILES string of the molecule is CCc1nc(C)c(C(=O)N=C=S)s1. The Labute approximate surface area is 85.5 Å². The van der Waals surface area contributed by atoms with Crippen molar-refractivity contribution in [2.24, 2.45) is 4.99 Å². The highest BCUT2D eigenvalue weighted by molar-refractivity contribution is 7.78. The number of thiazole rings is 1. The average molecular weight is 212 g/mol. The van der Waals surface area contributed by atoms with Gasteiger partial charge < -0.3 is 0 Å². The van der Waals surface area contributed by atoms with E-state index >= 15 is 0 Å². The molecule has 1 amide bonds. The molecule has 0 atom stereocenters. The maximum atomic E-state index is 11.3. The molecule has 0 fully saturated rings. The summed E-state index contributed by atoms with van der Waals surface area (Å²) in [6, 6.07) is 0. The van der Waals surface area contributed by atoms with Crippen LogP contribution in [0.4, 0.5) is 0 Å². The van der Waals surface area contributed by atoms with Gasteiger partial charge in [-0.1, -0.05) is 6.92 Å². The van der Waals surface area contributed by atoms with Crippen molar-refractivity contribution in [1.29, 1.82) is 0 Å². The van der Waals surface area contributed by atoms with Crippen LogP contribution in [0.3, 0.4) is 0 Å². The van der Waals surface area contributed by atoms with Gasteiger partial charge in [-0.25, -0.2) is 4.98 Å². The van der Waals surface area contributed by atoms with Crippen molar-refractivity contribution in [2.45, 2.75) is 20.3 Å². The molecule has 0 aliphatic rings. The Morgan fingerprint density at radius 3 is 2.92 bits per heavy atom. The molecule has 1 aromatic heterocycles. The normalized spacial score (nSPS) is 9.38. The summed E-state index contributed by atoms with van der Waals surface area (Å²) >= 11 is 5.72. The van der Waals surface area contributed by atoms with Crippen molar-refractivity contribution < 1.29 is 4.79 Å². The van der Waals surface area contributed by atoms with Crippen LogP contribution in [0.15, 0.2) is 4.99 Å². The molecule has 0 aliphatic carbocycles. The third-order valence-corrected chi connectivity index (χ3v) is 2.87. The standard InChI is InChI=1S/C8H8N2OS2/c1-3-6-10-5(2)7(13-6)8(11)9-4-12/h3H2,1-2H3. The smallest absolute Gasteiger partial charge is 0.265 e. The summed E-state index contributed by atoms with van der Waals surface area (Å²) in [4.78, 5) is 19.4. The highest BCUT2D eigenvalue weighted by atomic mass is 32.1. The minimum atomic E-state index is -0.343. The van der Waals surface area contributed by atoms with Gasteiger partial charge in [0.1, 0.15) is 4.88 Å². The van der Waals surface area contributed by atoms with E-state index in [1.54, 1.807) is 6.92 Å². The summed E-state index contributed by atoms with van der Waals surface area (Å²) in [5, 5.41) is 3.00. The van der Waals surface area contributed by atoms with E-state index in [2.05, 4.69) is 27.4 Å². The van der Waals surface area contributed by atoms with Gasteiger partial charge >= 0.3 is 0 Å². The highest BCUT2D eigenvalue weighted by Gasteiger charge is 2.12. The molecule has 0 N–H and O–H groups in total. The number of nitrogens with zero attached hydrogens (tertiary/aromatic N) is 2. The number of aliphatic imine (C=N–C) groups is 1. The van der Waals surface area contributed by atoms with Gasteiger partial charge in [-0.3, -0.25) is 4.79 Å². The second-order valence-corrected chi connectivity index (χ2v) is 3.65. The van der Waals surface area contributed by atoms with Gasteiger partial charge in [-0.2, -0.15) is 4.99 Å². The fourth-order valence-electron chi connectivity index (χ4n) is 0.894. The van der Waals surface area contributed by atoms with Crippen LogP contribution in [-0.2, 0) is 6.42 Å². The minimum absolute atomic E-state index is 0.343. The van der Waals surface area contributed by atoms with E-state index in [1.165, 1.54) is 11.3 Å². The second kappa shape index (κ2) is 4.37. The topological polar surface area (TPSA) is 42.3 Å². The molecule has 0 aromatic carbocycles. The average Bonchev–Trinajstić information content (AvgIpc) is 2.47. The Morgan fingerprint density at radius 2 is 2.46 bits per heavy atom. The lowest BCUT2D eigenvalue weighted by Gasteiger charge is -1.85. The molecule has 0 saturated heterocycles. The van der Waals surface area contributed by atoms with E-state index < -0.39 is 0 Å². The molecule has 68 valence electrons. The first-order chi connectivity index (χ1) is 6.19. The van der Waals surface area contributed by atoms with E-state index in [0.29, 0.717) is 4.88 Å². The van der Waals surface area contributed by atoms with Crippen molar-refractivity contribution >= 4 is 34.6 Å². The molecule has 0 unspecified atom stereocenters. The van der Waals surface area contributed by atoms with Crippen LogP contribution >= 0.6 is 23.6 Å². The zero-order chi connectivity index (χ0) is 9.84. The lowest BCUT2D eigenvalue weighted by Crippen LogP contribution is -1.92. The summed E-state index contributed by atoms with van der Waals surface area (Å²) in [6.45, 7) is 3.79. The first-order valence-corrected chi connectivity index (χ1v) is 5.00. The van der Waals surface area contributed by atoms with E-state index in [0.717, 1.165) is 17.1 Å². The maximum absolute atomic E-state index is 11.3. The molecule has 0 aliphatic heterocycles. The zero-order valence-electron chi connectivity index (χ0n) is 7.33. The molecule has 1 rings (SSSR count). The van der Waals surface area contributed by atoms with Crippen LogP contribution < -0.4 is 0 Å². The Hall–Kier alpha value is -0.900. The first-order valence-electron chi connectivity index (χ1n) is 3.77. The predicted molar refractivity (Wildman–Crippen MR) is 55.6 cm³/mol. The van der Waals surface area contributed by atoms with E-state index in [9.17, 15) is 4.79 Å². The molecule has 13 heavy (non-hydrogen) atoms. The highest BCUT2D eigenvalue weighted by Crippen LogP contribution is 2.19. The van der Waals surface area contributed by atoms with Crippen LogP contribution in [0.1, 0.15) is 27.3 Å². The van der Waals surface area contributed by atoms with Gasteiger partial charge in [-0.15, -0.1) is 11.3 Å². The molecule has 0 saturated carbocycles. The van der Waals surface area contributed by atoms with Gasteiger partial charge in [0.25, 0.3) is 5.91 Å². The monoisotopic (exact) mass is 212 g/mol. The van der Waals surface area contributed by atoms with Crippen LogP contribution in [0, 0.1) is 6.92 Å². The minimum Gasteiger partial charge on any atom is -0.265 e. The molecular formula is C8H8N2OS2. The molecule has 1 aromatic rings. The molecular weight excluding hydrogens is 204 g/mol. The van der Waals surface area contributed by atoms with Crippen molar-refractivity contribution in [2.75, 3.05) is 0 Å². The summed E-state index contributed by atoms with van der Waals surface area (Å²) in [6.07, 6.45) is 0.833. The van der Waals surface area contributed by atoms with Gasteiger partial charge in [0, 0.05) is 0 Å². The Balaban J connectivity index is 3.07. The quantitative estimate of drug-likeness (QED) is 0.558. The fraction of sp³-hybridized carbons (Fsp3) is 0.375. The third-order valence-electron chi connectivity index (χ3n) is 1.48. The van der Waals surface area contributed by atoms with Crippen molar-refractivity contribution in [3.8, 4) is 0 Å². The number of aromatic nitrogens is 1. The predicted octanol–water partition coefficient (Wildman–Crippen LogP) is 2.26. The maximum Gasteiger partial charge on any atom is 0.297 e. The van der Waals surface area contributed by atoms with Crippen LogP contribution in [0.5, 0.6) is 0 Å². The molecule has 0 spiro atoms.